The van der Waals surface area contributed by atoms with Gasteiger partial charge in [0.2, 0.25) is 11.7 Å². The van der Waals surface area contributed by atoms with Crippen molar-refractivity contribution in [3.05, 3.63) is 32.6 Å². The first kappa shape index (κ1) is 24.8. The Morgan fingerprint density at radius 3 is 2.61 bits per heavy atom. The minimum Gasteiger partial charge on any atom is -0.479 e. The van der Waals surface area contributed by atoms with Crippen LogP contribution in [-0.4, -0.2) is 65.0 Å². The highest BCUT2D eigenvalue weighted by molar-refractivity contribution is 5.79. The fourth-order valence-electron chi connectivity index (χ4n) is 3.35. The summed E-state index contributed by atoms with van der Waals surface area (Å²) in [6.45, 7) is 9.05. The third-order valence-electron chi connectivity index (χ3n) is 5.10. The van der Waals surface area contributed by atoms with Crippen LogP contribution in [0.1, 0.15) is 51.3 Å². The summed E-state index contributed by atoms with van der Waals surface area (Å²) < 4.78 is 18.5. The molecule has 2 N–H and O–H groups in total. The van der Waals surface area contributed by atoms with Gasteiger partial charge in [-0.3, -0.25) is 14.3 Å². The first-order valence-corrected chi connectivity index (χ1v) is 10.4. The summed E-state index contributed by atoms with van der Waals surface area (Å²) in [6.07, 6.45) is 0.894. The normalized spacial score (nSPS) is 25.5. The zero-order valence-corrected chi connectivity index (χ0v) is 18.2. The minimum atomic E-state index is -1.95. The van der Waals surface area contributed by atoms with Crippen LogP contribution in [0.5, 0.6) is 0 Å². The highest BCUT2D eigenvalue weighted by Gasteiger charge is 2.63. The molecule has 0 spiro atoms. The Bertz CT molecular complexity index is 867. The van der Waals surface area contributed by atoms with E-state index < -0.39 is 41.3 Å². The molecule has 1 aromatic rings. The third kappa shape index (κ3) is 5.41. The molecule has 174 valence electrons. The number of carbonyl (C=O) groups is 1. The molecule has 0 saturated carbocycles. The molecule has 0 aliphatic carbocycles. The molecule has 1 fully saturated rings. The maximum Gasteiger partial charge on any atom is 0.341 e. The predicted molar refractivity (Wildman–Crippen MR) is 111 cm³/mol. The molecule has 31 heavy (non-hydrogen) atoms. The number of nitrogens with one attached hydrogen (secondary N) is 1. The molecule has 0 amide bonds. The lowest BCUT2D eigenvalue weighted by Gasteiger charge is -2.30. The van der Waals surface area contributed by atoms with E-state index in [9.17, 15) is 19.5 Å². The number of aliphatic carboxylic acids is 1. The maximum atomic E-state index is 12.5. The Kier molecular flexibility index (Phi) is 8.96. The Hall–Kier alpha value is -2.50. The summed E-state index contributed by atoms with van der Waals surface area (Å²) in [5.74, 6) is -1.32. The number of rotatable bonds is 13. The Morgan fingerprint density at radius 2 is 2.00 bits per heavy atom. The van der Waals surface area contributed by atoms with Crippen LogP contribution in [0.2, 0.25) is 0 Å². The topological polar surface area (TPSA) is 141 Å². The van der Waals surface area contributed by atoms with Crippen molar-refractivity contribution in [2.45, 2.75) is 70.5 Å². The monoisotopic (exact) mass is 441 g/mol. The predicted octanol–water partition coefficient (Wildman–Crippen LogP) is 1.20. The van der Waals surface area contributed by atoms with Crippen molar-refractivity contribution in [3.8, 4) is 0 Å². The molecule has 1 aliphatic heterocycles. The SMILES string of the molecule is C=NOC1C(OCCCC)[C@](COCCCC)(C(=O)O)O[C@H]1n1cc(C)c(=O)[nH]c1=O. The van der Waals surface area contributed by atoms with Crippen molar-refractivity contribution in [3.63, 3.8) is 0 Å². The van der Waals surface area contributed by atoms with Gasteiger partial charge in [0.05, 0.1) is 6.61 Å². The molecule has 2 heterocycles. The second-order valence-electron chi connectivity index (χ2n) is 7.43. The van der Waals surface area contributed by atoms with Gasteiger partial charge >= 0.3 is 11.7 Å². The number of aromatic nitrogens is 2. The van der Waals surface area contributed by atoms with E-state index in [1.165, 1.54) is 13.1 Å². The van der Waals surface area contributed by atoms with Crippen molar-refractivity contribution >= 4 is 12.7 Å². The van der Waals surface area contributed by atoms with Gasteiger partial charge in [0.1, 0.15) is 6.10 Å². The number of aromatic amines is 1. The lowest BCUT2D eigenvalue weighted by Crippen LogP contribution is -2.55. The molecule has 11 nitrogen and oxygen atoms in total. The highest BCUT2D eigenvalue weighted by atomic mass is 16.7. The standard InChI is InChI=1S/C20H31N3O8/c1-5-7-9-28-12-20(18(25)26)15(29-10-8-6-2)14(31-21-4)17(30-20)23-11-13(3)16(24)22-19(23)27/h11,14-15,17H,4-10,12H2,1-3H3,(H,25,26)(H,22,24,27)/t14?,15?,17-,20-/m1/s1. The molecule has 0 aromatic carbocycles. The lowest BCUT2D eigenvalue weighted by atomic mass is 9.95. The number of ether oxygens (including phenoxy) is 3. The van der Waals surface area contributed by atoms with Gasteiger partial charge in [-0.1, -0.05) is 26.7 Å². The van der Waals surface area contributed by atoms with E-state index in [1.807, 2.05) is 13.8 Å². The number of carboxylic acids is 1. The Labute approximate surface area is 179 Å². The molecule has 0 radical (unpaired) electrons. The molecule has 0 bridgehead atoms. The summed E-state index contributed by atoms with van der Waals surface area (Å²) >= 11 is 0. The van der Waals surface area contributed by atoms with Crippen LogP contribution >= 0.6 is 0 Å². The van der Waals surface area contributed by atoms with Crippen molar-refractivity contribution in [1.29, 1.82) is 0 Å². The molecule has 2 unspecified atom stereocenters. The number of H-pyrrole nitrogens is 1. The van der Waals surface area contributed by atoms with Gasteiger partial charge in [0.25, 0.3) is 5.56 Å². The largest absolute Gasteiger partial charge is 0.479 e. The van der Waals surface area contributed by atoms with E-state index in [0.717, 1.165) is 23.8 Å². The van der Waals surface area contributed by atoms with Crippen LogP contribution in [0.3, 0.4) is 0 Å². The van der Waals surface area contributed by atoms with E-state index in [2.05, 4.69) is 16.9 Å². The van der Waals surface area contributed by atoms with Crippen LogP contribution in [0.15, 0.2) is 20.9 Å². The molecule has 11 heteroatoms. The molecule has 1 aromatic heterocycles. The van der Waals surface area contributed by atoms with Gasteiger partial charge in [-0.2, -0.15) is 0 Å². The van der Waals surface area contributed by atoms with Crippen LogP contribution in [0.25, 0.3) is 0 Å². The summed E-state index contributed by atoms with van der Waals surface area (Å²) in [7, 11) is 0. The summed E-state index contributed by atoms with van der Waals surface area (Å²) in [6, 6.07) is 0. The van der Waals surface area contributed by atoms with E-state index in [-0.39, 0.29) is 18.8 Å². The molecule has 1 aliphatic rings. The first-order valence-electron chi connectivity index (χ1n) is 10.4. The molecular weight excluding hydrogens is 410 g/mol. The van der Waals surface area contributed by atoms with Crippen molar-refractivity contribution in [2.24, 2.45) is 5.16 Å². The zero-order chi connectivity index (χ0) is 23.0. The fourth-order valence-corrected chi connectivity index (χ4v) is 3.35. The molecule has 1 saturated heterocycles. The van der Waals surface area contributed by atoms with Gasteiger partial charge in [0, 0.05) is 31.7 Å². The second kappa shape index (κ2) is 11.2. The molecule has 2 rings (SSSR count). The third-order valence-corrected chi connectivity index (χ3v) is 5.10. The Balaban J connectivity index is 2.52. The average molecular weight is 441 g/mol. The van der Waals surface area contributed by atoms with Crippen LogP contribution in [0.4, 0.5) is 0 Å². The number of hydrogen-bond acceptors (Lipinski definition) is 8. The first-order chi connectivity index (χ1) is 14.8. The quantitative estimate of drug-likeness (QED) is 0.264. The van der Waals surface area contributed by atoms with E-state index in [1.54, 1.807) is 0 Å². The van der Waals surface area contributed by atoms with E-state index >= 15 is 0 Å². The van der Waals surface area contributed by atoms with Crippen LogP contribution < -0.4 is 11.2 Å². The maximum absolute atomic E-state index is 12.5. The van der Waals surface area contributed by atoms with E-state index in [0.29, 0.717) is 13.0 Å². The number of unbranched alkanes of at least 4 members (excludes halogenated alkanes) is 2. The van der Waals surface area contributed by atoms with Crippen molar-refractivity contribution < 1.29 is 28.9 Å². The number of hydrogen-bond donors (Lipinski definition) is 2. The smallest absolute Gasteiger partial charge is 0.341 e. The Morgan fingerprint density at radius 1 is 1.32 bits per heavy atom. The minimum absolute atomic E-state index is 0.240. The summed E-state index contributed by atoms with van der Waals surface area (Å²) in [5, 5.41) is 13.6. The van der Waals surface area contributed by atoms with Gasteiger partial charge in [-0.25, -0.2) is 9.59 Å². The lowest BCUT2D eigenvalue weighted by molar-refractivity contribution is -0.192. The van der Waals surface area contributed by atoms with Crippen molar-refractivity contribution in [2.75, 3.05) is 19.8 Å². The van der Waals surface area contributed by atoms with E-state index in [4.69, 9.17) is 19.0 Å². The second-order valence-corrected chi connectivity index (χ2v) is 7.43. The van der Waals surface area contributed by atoms with Gasteiger partial charge in [-0.05, 0) is 19.8 Å². The van der Waals surface area contributed by atoms with Gasteiger partial charge < -0.3 is 24.2 Å². The highest BCUT2D eigenvalue weighted by Crippen LogP contribution is 2.41. The number of nitrogens with zero attached hydrogens (tertiary/aromatic N) is 2. The van der Waals surface area contributed by atoms with Crippen LogP contribution in [-0.2, 0) is 23.8 Å². The zero-order valence-electron chi connectivity index (χ0n) is 18.2. The van der Waals surface area contributed by atoms with Gasteiger partial charge in [0.15, 0.2) is 6.23 Å². The summed E-state index contributed by atoms with van der Waals surface area (Å²) in [5.41, 5.74) is -3.05. The summed E-state index contributed by atoms with van der Waals surface area (Å²) in [4.78, 5) is 44.2. The number of aryl methyl sites for hydroxylation is 1. The average Bonchev–Trinajstić information content (AvgIpc) is 3.03. The molecule has 4 atom stereocenters. The van der Waals surface area contributed by atoms with Gasteiger partial charge in [-0.15, -0.1) is 5.16 Å². The van der Waals surface area contributed by atoms with Crippen molar-refractivity contribution in [1.82, 2.24) is 9.55 Å². The number of oxime groups is 1. The van der Waals surface area contributed by atoms with Crippen LogP contribution in [0, 0.1) is 6.92 Å². The number of carboxylic acid groups (broad SMARTS) is 1. The fraction of sp³-hybridized carbons (Fsp3) is 0.700. The molecular formula is C20H31N3O8.